The minimum Gasteiger partial charge on any atom is -0.481 e. The minimum atomic E-state index is -0.664. The van der Waals surface area contributed by atoms with Crippen molar-refractivity contribution in [2.24, 2.45) is 5.73 Å². The summed E-state index contributed by atoms with van der Waals surface area (Å²) in [6.07, 6.45) is 22.4. The van der Waals surface area contributed by atoms with Crippen molar-refractivity contribution in [3.8, 4) is 0 Å². The maximum absolute atomic E-state index is 10.3. The van der Waals surface area contributed by atoms with Crippen LogP contribution >= 0.6 is 0 Å². The zero-order chi connectivity index (χ0) is 25.4. The van der Waals surface area contributed by atoms with E-state index in [2.05, 4.69) is 35.7 Å². The molecular weight excluding hydrogens is 420 g/mol. The van der Waals surface area contributed by atoms with E-state index < -0.39 is 11.9 Å². The third-order valence-corrected chi connectivity index (χ3v) is 4.63. The molecule has 0 radical (unpaired) electrons. The van der Waals surface area contributed by atoms with Crippen molar-refractivity contribution < 1.29 is 24.5 Å². The summed E-state index contributed by atoms with van der Waals surface area (Å²) < 4.78 is 4.14. The third-order valence-electron chi connectivity index (χ3n) is 4.63. The van der Waals surface area contributed by atoms with Gasteiger partial charge in [-0.05, 0) is 32.1 Å². The number of carboxylic acids is 1. The Morgan fingerprint density at radius 3 is 1.82 bits per heavy atom. The molecule has 0 aromatic heterocycles. The maximum Gasteiger partial charge on any atom is 0.329 e. The highest BCUT2D eigenvalue weighted by Gasteiger charge is 1.95. The molecular formula is C26H52N2O5. The van der Waals surface area contributed by atoms with Gasteiger partial charge in [-0.1, -0.05) is 77.0 Å². The molecule has 0 aliphatic heterocycles. The van der Waals surface area contributed by atoms with Crippen molar-refractivity contribution in [1.82, 2.24) is 5.32 Å². The van der Waals surface area contributed by atoms with Crippen molar-refractivity contribution in [2.75, 3.05) is 33.4 Å². The molecule has 0 aromatic carbocycles. The number of esters is 1. The van der Waals surface area contributed by atoms with E-state index in [0.29, 0.717) is 19.5 Å². The van der Waals surface area contributed by atoms with Crippen LogP contribution in [0.2, 0.25) is 0 Å². The van der Waals surface area contributed by atoms with Gasteiger partial charge in [-0.15, -0.1) is 0 Å². The van der Waals surface area contributed by atoms with Crippen LogP contribution in [0.5, 0.6) is 0 Å². The van der Waals surface area contributed by atoms with Crippen LogP contribution in [-0.4, -0.2) is 55.5 Å². The van der Waals surface area contributed by atoms with E-state index in [0.717, 1.165) is 25.5 Å². The fraction of sp³-hybridized carbons (Fsp3) is 0.769. The Morgan fingerprint density at radius 1 is 0.909 bits per heavy atom. The lowest BCUT2D eigenvalue weighted by Gasteiger charge is -1.99. The lowest BCUT2D eigenvalue weighted by Crippen LogP contribution is -2.24. The first-order chi connectivity index (χ1) is 16.0. The molecule has 0 bridgehead atoms. The van der Waals surface area contributed by atoms with Crippen LogP contribution in [0.4, 0.5) is 0 Å². The van der Waals surface area contributed by atoms with Crippen LogP contribution in [0.3, 0.4) is 0 Å². The summed E-state index contributed by atoms with van der Waals surface area (Å²) in [5.41, 5.74) is 5.13. The second kappa shape index (κ2) is 34.9. The van der Waals surface area contributed by atoms with Crippen LogP contribution in [0.25, 0.3) is 0 Å². The Labute approximate surface area is 202 Å². The van der Waals surface area contributed by atoms with Gasteiger partial charge in [0.25, 0.3) is 0 Å². The highest BCUT2D eigenvalue weighted by molar-refractivity contribution is 5.80. The first-order valence-electron chi connectivity index (χ1n) is 12.6. The SMILES string of the molecule is C=CC(=O)OC.CCCCCCCC/C=C\CCCCCCCC(=O)O.NCCNCCO. The summed E-state index contributed by atoms with van der Waals surface area (Å²) in [6.45, 7) is 7.69. The monoisotopic (exact) mass is 472 g/mol. The number of aliphatic hydroxyl groups is 1. The molecule has 0 amide bonds. The van der Waals surface area contributed by atoms with Gasteiger partial charge in [-0.2, -0.15) is 0 Å². The summed E-state index contributed by atoms with van der Waals surface area (Å²) in [6, 6.07) is 0. The standard InChI is InChI=1S/C18H34O2.C4H12N2O.C4H6O2/c1-2-3-4-5-6-7-8-9-10-11-12-13-14-15-16-17-18(19)20;5-1-2-6-3-4-7;1-3-4(5)6-2/h9-10H,2-8,11-17H2,1H3,(H,19,20);6-7H,1-5H2;3H,1H2,2H3/b10-9-;;. The van der Waals surface area contributed by atoms with Crippen molar-refractivity contribution in [3.05, 3.63) is 24.8 Å². The highest BCUT2D eigenvalue weighted by Crippen LogP contribution is 2.09. The summed E-state index contributed by atoms with van der Waals surface area (Å²) >= 11 is 0. The van der Waals surface area contributed by atoms with E-state index in [4.69, 9.17) is 15.9 Å². The number of aliphatic carboxylic acids is 1. The molecule has 0 aliphatic carbocycles. The van der Waals surface area contributed by atoms with Crippen molar-refractivity contribution in [1.29, 1.82) is 0 Å². The molecule has 0 rings (SSSR count). The Hall–Kier alpha value is -1.70. The van der Waals surface area contributed by atoms with E-state index in [1.807, 2.05) is 0 Å². The summed E-state index contributed by atoms with van der Waals surface area (Å²) in [5.74, 6) is -1.06. The molecule has 0 saturated heterocycles. The van der Waals surface area contributed by atoms with E-state index in [1.54, 1.807) is 0 Å². The average Bonchev–Trinajstić information content (AvgIpc) is 2.82. The van der Waals surface area contributed by atoms with Gasteiger partial charge in [0.05, 0.1) is 13.7 Å². The summed E-state index contributed by atoms with van der Waals surface area (Å²) in [5, 5.41) is 19.6. The maximum atomic E-state index is 10.3. The van der Waals surface area contributed by atoms with E-state index >= 15 is 0 Å². The van der Waals surface area contributed by atoms with E-state index in [-0.39, 0.29) is 6.61 Å². The van der Waals surface area contributed by atoms with Gasteiger partial charge in [0, 0.05) is 32.1 Å². The molecule has 5 N–H and O–H groups in total. The van der Waals surface area contributed by atoms with Gasteiger partial charge >= 0.3 is 11.9 Å². The number of nitrogens with two attached hydrogens (primary N) is 1. The predicted octanol–water partition coefficient (Wildman–Crippen LogP) is 4.98. The van der Waals surface area contributed by atoms with Gasteiger partial charge in [0.2, 0.25) is 0 Å². The Bertz CT molecular complexity index is 438. The second-order valence-corrected chi connectivity index (χ2v) is 7.72. The van der Waals surface area contributed by atoms with Gasteiger partial charge in [0.15, 0.2) is 0 Å². The fourth-order valence-electron chi connectivity index (χ4n) is 2.74. The molecule has 7 heteroatoms. The quantitative estimate of drug-likeness (QED) is 0.0853. The molecule has 0 saturated carbocycles. The molecule has 0 fully saturated rings. The molecule has 0 spiro atoms. The fourth-order valence-corrected chi connectivity index (χ4v) is 2.74. The third kappa shape index (κ3) is 44.7. The largest absolute Gasteiger partial charge is 0.481 e. The summed E-state index contributed by atoms with van der Waals surface area (Å²) in [4.78, 5) is 20.2. The van der Waals surface area contributed by atoms with Crippen molar-refractivity contribution in [2.45, 2.75) is 96.8 Å². The number of ether oxygens (including phenoxy) is 1. The highest BCUT2D eigenvalue weighted by atomic mass is 16.5. The first kappa shape index (κ1) is 35.9. The Morgan fingerprint density at radius 2 is 1.42 bits per heavy atom. The number of rotatable bonds is 20. The molecule has 33 heavy (non-hydrogen) atoms. The normalized spacial score (nSPS) is 10.1. The number of allylic oxidation sites excluding steroid dienone is 2. The van der Waals surface area contributed by atoms with Crippen LogP contribution in [0, 0.1) is 0 Å². The lowest BCUT2D eigenvalue weighted by atomic mass is 10.1. The number of hydrogen-bond acceptors (Lipinski definition) is 6. The van der Waals surface area contributed by atoms with Crippen LogP contribution in [-0.2, 0) is 14.3 Å². The zero-order valence-electron chi connectivity index (χ0n) is 21.4. The lowest BCUT2D eigenvalue weighted by molar-refractivity contribution is -0.137. The topological polar surface area (TPSA) is 122 Å². The van der Waals surface area contributed by atoms with Gasteiger partial charge in [0.1, 0.15) is 0 Å². The van der Waals surface area contributed by atoms with Crippen molar-refractivity contribution >= 4 is 11.9 Å². The molecule has 0 aliphatic rings. The molecule has 196 valence electrons. The van der Waals surface area contributed by atoms with E-state index in [9.17, 15) is 9.59 Å². The predicted molar refractivity (Wildman–Crippen MR) is 138 cm³/mol. The molecule has 0 aromatic rings. The van der Waals surface area contributed by atoms with Gasteiger partial charge < -0.3 is 26.0 Å². The number of carbonyl (C=O) groups excluding carboxylic acids is 1. The zero-order valence-corrected chi connectivity index (χ0v) is 21.4. The molecule has 7 nitrogen and oxygen atoms in total. The number of unbranched alkanes of at least 4 members (excludes halogenated alkanes) is 11. The number of carbonyl (C=O) groups is 2. The molecule has 0 unspecified atom stereocenters. The molecule has 0 heterocycles. The summed E-state index contributed by atoms with van der Waals surface area (Å²) in [7, 11) is 1.31. The van der Waals surface area contributed by atoms with Crippen molar-refractivity contribution in [3.63, 3.8) is 0 Å². The van der Waals surface area contributed by atoms with E-state index in [1.165, 1.54) is 77.7 Å². The van der Waals surface area contributed by atoms with Gasteiger partial charge in [-0.3, -0.25) is 4.79 Å². The first-order valence-corrected chi connectivity index (χ1v) is 12.6. The number of hydrogen-bond donors (Lipinski definition) is 4. The minimum absolute atomic E-state index is 0.194. The Kier molecular flexibility index (Phi) is 37.9. The van der Waals surface area contributed by atoms with Crippen LogP contribution in [0.15, 0.2) is 24.8 Å². The average molecular weight is 473 g/mol. The van der Waals surface area contributed by atoms with Crippen LogP contribution < -0.4 is 11.1 Å². The smallest absolute Gasteiger partial charge is 0.329 e. The molecule has 0 atom stereocenters. The number of nitrogens with one attached hydrogen (secondary N) is 1. The van der Waals surface area contributed by atoms with Crippen LogP contribution in [0.1, 0.15) is 96.8 Å². The Balaban J connectivity index is -0.000000563. The van der Waals surface area contributed by atoms with Gasteiger partial charge in [-0.25, -0.2) is 4.79 Å². The second-order valence-electron chi connectivity index (χ2n) is 7.72. The number of carboxylic acid groups (broad SMARTS) is 1. The number of aliphatic hydroxyl groups excluding tert-OH is 1. The number of methoxy groups -OCH3 is 1.